The standard InChI is InChI=1S/C10H18NO4P/c1-14-16(13,15-2)9-10(12)7-5-3-4-6-8-11/h3-7,9H2,1-2H3. The van der Waals surface area contributed by atoms with Crippen LogP contribution in [-0.2, 0) is 18.4 Å². The van der Waals surface area contributed by atoms with Crippen molar-refractivity contribution in [1.29, 1.82) is 5.26 Å². The number of unbranched alkanes of at least 4 members (excludes halogenated alkanes) is 3. The van der Waals surface area contributed by atoms with E-state index in [-0.39, 0.29) is 11.9 Å². The fourth-order valence-electron chi connectivity index (χ4n) is 1.20. The number of carbonyl (C=O) groups excluding carboxylic acids is 1. The molecule has 0 aromatic rings. The summed E-state index contributed by atoms with van der Waals surface area (Å²) in [5.74, 6) is -0.121. The zero-order valence-electron chi connectivity index (χ0n) is 9.77. The Morgan fingerprint density at radius 1 is 1.25 bits per heavy atom. The second-order valence-electron chi connectivity index (χ2n) is 3.39. The van der Waals surface area contributed by atoms with Crippen molar-refractivity contribution in [3.8, 4) is 6.07 Å². The van der Waals surface area contributed by atoms with Crippen LogP contribution in [0, 0.1) is 11.3 Å². The molecule has 0 heterocycles. The van der Waals surface area contributed by atoms with Gasteiger partial charge in [-0.15, -0.1) is 0 Å². The van der Waals surface area contributed by atoms with Crippen molar-refractivity contribution in [1.82, 2.24) is 0 Å². The summed E-state index contributed by atoms with van der Waals surface area (Å²) in [6.07, 6.45) is 3.07. The quantitative estimate of drug-likeness (QED) is 0.462. The van der Waals surface area contributed by atoms with E-state index < -0.39 is 7.60 Å². The molecule has 0 bridgehead atoms. The van der Waals surface area contributed by atoms with Crippen LogP contribution in [0.15, 0.2) is 0 Å². The predicted molar refractivity (Wildman–Crippen MR) is 60.2 cm³/mol. The lowest BCUT2D eigenvalue weighted by Gasteiger charge is -2.12. The van der Waals surface area contributed by atoms with E-state index in [1.807, 2.05) is 6.07 Å². The monoisotopic (exact) mass is 247 g/mol. The predicted octanol–water partition coefficient (Wildman–Crippen LogP) is 2.52. The zero-order chi connectivity index (χ0) is 12.4. The van der Waals surface area contributed by atoms with Gasteiger partial charge in [0.25, 0.3) is 0 Å². The van der Waals surface area contributed by atoms with Gasteiger partial charge in [-0.25, -0.2) is 0 Å². The molecule has 0 saturated carbocycles. The van der Waals surface area contributed by atoms with E-state index in [1.165, 1.54) is 14.2 Å². The summed E-state index contributed by atoms with van der Waals surface area (Å²) < 4.78 is 20.9. The van der Waals surface area contributed by atoms with Crippen molar-refractivity contribution >= 4 is 13.4 Å². The van der Waals surface area contributed by atoms with Crippen LogP contribution in [0.4, 0.5) is 0 Å². The summed E-state index contributed by atoms with van der Waals surface area (Å²) >= 11 is 0. The Morgan fingerprint density at radius 3 is 2.38 bits per heavy atom. The Kier molecular flexibility index (Phi) is 8.10. The molecule has 0 aliphatic heterocycles. The van der Waals surface area contributed by atoms with Gasteiger partial charge in [0, 0.05) is 27.1 Å². The molecule has 0 N–H and O–H groups in total. The molecular weight excluding hydrogens is 229 g/mol. The Hall–Kier alpha value is -0.690. The zero-order valence-corrected chi connectivity index (χ0v) is 10.7. The van der Waals surface area contributed by atoms with Gasteiger partial charge >= 0.3 is 7.60 Å². The number of nitriles is 1. The van der Waals surface area contributed by atoms with Crippen LogP contribution < -0.4 is 0 Å². The molecule has 0 unspecified atom stereocenters. The largest absolute Gasteiger partial charge is 0.337 e. The molecule has 92 valence electrons. The molecule has 0 saturated heterocycles. The number of hydrogen-bond donors (Lipinski definition) is 0. The number of nitrogens with zero attached hydrogens (tertiary/aromatic N) is 1. The second-order valence-corrected chi connectivity index (χ2v) is 5.66. The van der Waals surface area contributed by atoms with Crippen molar-refractivity contribution < 1.29 is 18.4 Å². The molecule has 0 spiro atoms. The van der Waals surface area contributed by atoms with Crippen LogP contribution in [0.3, 0.4) is 0 Å². The average molecular weight is 247 g/mol. The van der Waals surface area contributed by atoms with Crippen LogP contribution in [0.5, 0.6) is 0 Å². The SMILES string of the molecule is COP(=O)(CC(=O)CCCCCC#N)OC. The highest BCUT2D eigenvalue weighted by Crippen LogP contribution is 2.46. The minimum absolute atomic E-state index is 0.121. The Bertz CT molecular complexity index is 290. The molecule has 0 aliphatic carbocycles. The highest BCUT2D eigenvalue weighted by Gasteiger charge is 2.24. The molecule has 0 aliphatic rings. The van der Waals surface area contributed by atoms with Crippen LogP contribution in [0.1, 0.15) is 32.1 Å². The van der Waals surface area contributed by atoms with Gasteiger partial charge in [0.2, 0.25) is 0 Å². The van der Waals surface area contributed by atoms with Crippen LogP contribution in [-0.4, -0.2) is 26.2 Å². The average Bonchev–Trinajstić information content (AvgIpc) is 2.28. The molecule has 0 aromatic heterocycles. The van der Waals surface area contributed by atoms with Crippen LogP contribution in [0.25, 0.3) is 0 Å². The fraction of sp³-hybridized carbons (Fsp3) is 0.800. The molecule has 0 fully saturated rings. The molecular formula is C10H18NO4P. The van der Waals surface area contributed by atoms with Gasteiger partial charge < -0.3 is 9.05 Å². The van der Waals surface area contributed by atoms with Gasteiger partial charge in [-0.1, -0.05) is 6.42 Å². The summed E-state index contributed by atoms with van der Waals surface area (Å²) in [5.41, 5.74) is 0. The fourth-order valence-corrected chi connectivity index (χ4v) is 2.20. The van der Waals surface area contributed by atoms with E-state index in [2.05, 4.69) is 9.05 Å². The first-order valence-electron chi connectivity index (χ1n) is 5.17. The summed E-state index contributed by atoms with van der Waals surface area (Å²) in [5, 5.41) is 8.30. The Labute approximate surface area is 96.3 Å². The number of ketones is 1. The Morgan fingerprint density at radius 2 is 1.88 bits per heavy atom. The molecule has 0 rings (SSSR count). The van der Waals surface area contributed by atoms with Crippen molar-refractivity contribution in [2.45, 2.75) is 32.1 Å². The maximum atomic E-state index is 11.6. The van der Waals surface area contributed by atoms with Gasteiger partial charge in [0.15, 0.2) is 0 Å². The van der Waals surface area contributed by atoms with Gasteiger partial charge in [0.1, 0.15) is 11.9 Å². The smallest absolute Gasteiger partial charge is 0.312 e. The van der Waals surface area contributed by atoms with E-state index in [9.17, 15) is 9.36 Å². The van der Waals surface area contributed by atoms with E-state index in [4.69, 9.17) is 5.26 Å². The van der Waals surface area contributed by atoms with E-state index in [0.29, 0.717) is 19.3 Å². The maximum Gasteiger partial charge on any atom is 0.337 e. The molecule has 0 atom stereocenters. The highest BCUT2D eigenvalue weighted by atomic mass is 31.2. The number of hydrogen-bond acceptors (Lipinski definition) is 5. The number of Topliss-reactive ketones (excluding diaryl/α,β-unsaturated/α-hetero) is 1. The first-order valence-corrected chi connectivity index (χ1v) is 6.90. The van der Waals surface area contributed by atoms with Crippen LogP contribution in [0.2, 0.25) is 0 Å². The van der Waals surface area contributed by atoms with Gasteiger partial charge in [-0.05, 0) is 12.8 Å². The summed E-state index contributed by atoms with van der Waals surface area (Å²) in [6, 6.07) is 2.04. The van der Waals surface area contributed by atoms with Gasteiger partial charge in [-0.3, -0.25) is 9.36 Å². The minimum atomic E-state index is -3.20. The van der Waals surface area contributed by atoms with E-state index in [0.717, 1.165) is 12.8 Å². The summed E-state index contributed by atoms with van der Waals surface area (Å²) in [7, 11) is -0.664. The minimum Gasteiger partial charge on any atom is -0.312 e. The Balaban J connectivity index is 3.75. The van der Waals surface area contributed by atoms with E-state index in [1.54, 1.807) is 0 Å². The third-order valence-electron chi connectivity index (χ3n) is 2.17. The summed E-state index contributed by atoms with van der Waals surface area (Å²) in [6.45, 7) is 0. The van der Waals surface area contributed by atoms with Crippen LogP contribution >= 0.6 is 7.60 Å². The molecule has 0 aromatic carbocycles. The molecule has 6 heteroatoms. The number of carbonyl (C=O) groups is 1. The third-order valence-corrected chi connectivity index (χ3v) is 4.02. The van der Waals surface area contributed by atoms with Crippen molar-refractivity contribution in [2.75, 3.05) is 20.4 Å². The van der Waals surface area contributed by atoms with Crippen molar-refractivity contribution in [2.24, 2.45) is 0 Å². The topological polar surface area (TPSA) is 76.4 Å². The lowest BCUT2D eigenvalue weighted by molar-refractivity contribution is -0.117. The first-order chi connectivity index (χ1) is 7.58. The first kappa shape index (κ1) is 15.3. The van der Waals surface area contributed by atoms with Gasteiger partial charge in [0.05, 0.1) is 6.07 Å². The number of rotatable bonds is 9. The molecule has 16 heavy (non-hydrogen) atoms. The van der Waals surface area contributed by atoms with Gasteiger partial charge in [-0.2, -0.15) is 5.26 Å². The van der Waals surface area contributed by atoms with Crippen molar-refractivity contribution in [3.63, 3.8) is 0 Å². The summed E-state index contributed by atoms with van der Waals surface area (Å²) in [4.78, 5) is 11.4. The molecule has 0 amide bonds. The second kappa shape index (κ2) is 8.46. The normalized spacial score (nSPS) is 11.1. The lowest BCUT2D eigenvalue weighted by atomic mass is 10.1. The highest BCUT2D eigenvalue weighted by molar-refractivity contribution is 7.54. The lowest BCUT2D eigenvalue weighted by Crippen LogP contribution is -2.07. The molecule has 0 radical (unpaired) electrons. The molecule has 5 nitrogen and oxygen atoms in total. The maximum absolute atomic E-state index is 11.6. The van der Waals surface area contributed by atoms with Crippen molar-refractivity contribution in [3.05, 3.63) is 0 Å². The van der Waals surface area contributed by atoms with E-state index >= 15 is 0 Å². The third kappa shape index (κ3) is 6.73.